The molecule has 1 unspecified atom stereocenters. The predicted molar refractivity (Wildman–Crippen MR) is 62.6 cm³/mol. The molecule has 1 fully saturated rings. The van der Waals surface area contributed by atoms with E-state index in [4.69, 9.17) is 23.2 Å². The Morgan fingerprint density at radius 3 is 2.81 bits per heavy atom. The minimum Gasteiger partial charge on any atom is -0.371 e. The Labute approximate surface area is 103 Å². The van der Waals surface area contributed by atoms with Crippen LogP contribution in [0.3, 0.4) is 0 Å². The molecule has 2 rings (SSSR count). The first-order valence-corrected chi connectivity index (χ1v) is 5.73. The Kier molecular flexibility index (Phi) is 3.36. The molecule has 1 aliphatic rings. The van der Waals surface area contributed by atoms with Gasteiger partial charge in [0.25, 0.3) is 0 Å². The number of carbonyl (C=O) groups is 1. The number of hydrogen-bond acceptors (Lipinski definition) is 2. The van der Waals surface area contributed by atoms with Gasteiger partial charge in [-0.25, -0.2) is 4.39 Å². The van der Waals surface area contributed by atoms with Crippen LogP contribution in [0.4, 0.5) is 10.1 Å². The summed E-state index contributed by atoms with van der Waals surface area (Å²) in [5, 5.41) is -0.218. The van der Waals surface area contributed by atoms with Gasteiger partial charge in [-0.3, -0.25) is 4.79 Å². The lowest BCUT2D eigenvalue weighted by atomic mass is 10.1. The Hall–Kier alpha value is -0.800. The van der Waals surface area contributed by atoms with Crippen molar-refractivity contribution in [1.82, 2.24) is 0 Å². The monoisotopic (exact) mass is 261 g/mol. The number of rotatable bonds is 2. The van der Waals surface area contributed by atoms with E-state index in [2.05, 4.69) is 0 Å². The molecule has 2 nitrogen and oxygen atoms in total. The van der Waals surface area contributed by atoms with E-state index in [1.54, 1.807) is 6.07 Å². The number of hydrogen-bond donors (Lipinski definition) is 0. The van der Waals surface area contributed by atoms with Crippen molar-refractivity contribution in [2.45, 2.75) is 6.42 Å². The van der Waals surface area contributed by atoms with Gasteiger partial charge in [0.05, 0.1) is 10.9 Å². The highest BCUT2D eigenvalue weighted by molar-refractivity contribution is 6.64. The maximum Gasteiger partial charge on any atom is 0.226 e. The van der Waals surface area contributed by atoms with Gasteiger partial charge in [0.1, 0.15) is 5.82 Å². The summed E-state index contributed by atoms with van der Waals surface area (Å²) >= 11 is 11.0. The van der Waals surface area contributed by atoms with E-state index in [1.165, 1.54) is 12.1 Å². The second-order valence-electron chi connectivity index (χ2n) is 3.83. The Morgan fingerprint density at radius 2 is 2.25 bits per heavy atom. The fraction of sp³-hybridized carbons (Fsp3) is 0.364. The third-order valence-electron chi connectivity index (χ3n) is 2.78. The Morgan fingerprint density at radius 1 is 1.50 bits per heavy atom. The Balaban J connectivity index is 2.14. The van der Waals surface area contributed by atoms with Crippen molar-refractivity contribution < 1.29 is 9.18 Å². The van der Waals surface area contributed by atoms with Crippen LogP contribution in [0.25, 0.3) is 0 Å². The molecule has 1 aromatic carbocycles. The number of halogens is 3. The van der Waals surface area contributed by atoms with Crippen molar-refractivity contribution in [1.29, 1.82) is 0 Å². The number of anilines is 1. The van der Waals surface area contributed by atoms with E-state index in [-0.39, 0.29) is 16.2 Å². The van der Waals surface area contributed by atoms with Crippen LogP contribution in [0.1, 0.15) is 6.42 Å². The highest BCUT2D eigenvalue weighted by Crippen LogP contribution is 2.27. The Bertz CT molecular complexity index is 424. The van der Waals surface area contributed by atoms with E-state index in [1.807, 2.05) is 4.90 Å². The quantitative estimate of drug-likeness (QED) is 0.763. The summed E-state index contributed by atoms with van der Waals surface area (Å²) in [7, 11) is 0. The second-order valence-corrected chi connectivity index (χ2v) is 4.61. The molecule has 0 amide bonds. The zero-order valence-corrected chi connectivity index (χ0v) is 9.93. The fourth-order valence-electron chi connectivity index (χ4n) is 1.86. The lowest BCUT2D eigenvalue weighted by Gasteiger charge is -2.18. The van der Waals surface area contributed by atoms with Crippen LogP contribution in [0.5, 0.6) is 0 Å². The molecule has 1 aromatic rings. The highest BCUT2D eigenvalue weighted by atomic mass is 35.5. The lowest BCUT2D eigenvalue weighted by Crippen LogP contribution is -2.21. The van der Waals surface area contributed by atoms with Crippen LogP contribution in [-0.4, -0.2) is 18.3 Å². The summed E-state index contributed by atoms with van der Waals surface area (Å²) in [5.74, 6) is -0.597. The van der Waals surface area contributed by atoms with E-state index in [0.717, 1.165) is 5.69 Å². The minimum absolute atomic E-state index is 0.105. The molecular weight excluding hydrogens is 252 g/mol. The maximum absolute atomic E-state index is 13.2. The van der Waals surface area contributed by atoms with Crippen molar-refractivity contribution in [3.63, 3.8) is 0 Å². The zero-order valence-electron chi connectivity index (χ0n) is 8.42. The number of benzene rings is 1. The molecule has 0 saturated carbocycles. The van der Waals surface area contributed by atoms with Crippen LogP contribution < -0.4 is 4.90 Å². The summed E-state index contributed by atoms with van der Waals surface area (Å²) in [6.45, 7) is 1.26. The molecule has 0 radical (unpaired) electrons. The van der Waals surface area contributed by atoms with Crippen LogP contribution >= 0.6 is 23.2 Å². The maximum atomic E-state index is 13.2. The van der Waals surface area contributed by atoms with Gasteiger partial charge in [0, 0.05) is 18.8 Å². The average Bonchev–Trinajstić information content (AvgIpc) is 2.71. The minimum atomic E-state index is -0.445. The van der Waals surface area contributed by atoms with Crippen LogP contribution in [0.15, 0.2) is 18.2 Å². The predicted octanol–water partition coefficient (Wildman–Crippen LogP) is 3.07. The van der Waals surface area contributed by atoms with Gasteiger partial charge in [-0.05, 0) is 36.2 Å². The molecule has 0 aromatic heterocycles. The normalized spacial score (nSPS) is 20.2. The third-order valence-corrected chi connectivity index (χ3v) is 3.39. The average molecular weight is 262 g/mol. The lowest BCUT2D eigenvalue weighted by molar-refractivity contribution is -0.114. The van der Waals surface area contributed by atoms with Gasteiger partial charge >= 0.3 is 0 Å². The topological polar surface area (TPSA) is 20.3 Å². The SMILES string of the molecule is O=C(Cl)C1CCN(c2ccc(Cl)c(F)c2)C1. The van der Waals surface area contributed by atoms with Crippen molar-refractivity contribution in [2.24, 2.45) is 5.92 Å². The highest BCUT2D eigenvalue weighted by Gasteiger charge is 2.27. The molecule has 1 atom stereocenters. The molecule has 0 N–H and O–H groups in total. The summed E-state index contributed by atoms with van der Waals surface area (Å²) < 4.78 is 13.2. The van der Waals surface area contributed by atoms with Gasteiger partial charge in [0.2, 0.25) is 5.24 Å². The van der Waals surface area contributed by atoms with Gasteiger partial charge < -0.3 is 4.90 Å². The largest absolute Gasteiger partial charge is 0.371 e. The van der Waals surface area contributed by atoms with Crippen molar-refractivity contribution in [3.8, 4) is 0 Å². The van der Waals surface area contributed by atoms with Gasteiger partial charge in [-0.15, -0.1) is 0 Å². The number of carbonyl (C=O) groups excluding carboxylic acids is 1. The van der Waals surface area contributed by atoms with Crippen molar-refractivity contribution >= 4 is 34.1 Å². The second kappa shape index (κ2) is 4.60. The first-order chi connectivity index (χ1) is 7.58. The molecule has 1 aliphatic heterocycles. The molecule has 0 spiro atoms. The first-order valence-electron chi connectivity index (χ1n) is 4.97. The molecule has 5 heteroatoms. The van der Waals surface area contributed by atoms with E-state index >= 15 is 0 Å². The third kappa shape index (κ3) is 2.30. The van der Waals surface area contributed by atoms with Crippen LogP contribution in [0, 0.1) is 11.7 Å². The standard InChI is InChI=1S/C11H10Cl2FNO/c12-9-2-1-8(5-10(9)14)15-4-3-7(6-15)11(13)16/h1-2,5,7H,3-4,6H2. The summed E-state index contributed by atoms with van der Waals surface area (Å²) in [4.78, 5) is 12.9. The molecule has 86 valence electrons. The fourth-order valence-corrected chi connectivity index (χ4v) is 2.16. The summed E-state index contributed by atoms with van der Waals surface area (Å²) in [6, 6.07) is 4.64. The number of nitrogens with zero attached hydrogens (tertiary/aromatic N) is 1. The summed E-state index contributed by atoms with van der Waals surface area (Å²) in [6.07, 6.45) is 0.715. The van der Waals surface area contributed by atoms with Crippen molar-refractivity contribution in [3.05, 3.63) is 29.0 Å². The van der Waals surface area contributed by atoms with Crippen LogP contribution in [0.2, 0.25) is 5.02 Å². The van der Waals surface area contributed by atoms with Gasteiger partial charge in [-0.2, -0.15) is 0 Å². The zero-order chi connectivity index (χ0) is 11.7. The van der Waals surface area contributed by atoms with Gasteiger partial charge in [-0.1, -0.05) is 11.6 Å². The van der Waals surface area contributed by atoms with Gasteiger partial charge in [0.15, 0.2) is 0 Å². The molecule has 16 heavy (non-hydrogen) atoms. The van der Waals surface area contributed by atoms with Crippen LogP contribution in [-0.2, 0) is 4.79 Å². The van der Waals surface area contributed by atoms with E-state index < -0.39 is 5.82 Å². The smallest absolute Gasteiger partial charge is 0.226 e. The molecular formula is C11H10Cl2FNO. The van der Waals surface area contributed by atoms with E-state index in [9.17, 15) is 9.18 Å². The summed E-state index contributed by atoms with van der Waals surface area (Å²) in [5.41, 5.74) is 0.738. The molecule has 1 saturated heterocycles. The molecule has 0 bridgehead atoms. The first kappa shape index (κ1) is 11.7. The molecule has 1 heterocycles. The van der Waals surface area contributed by atoms with Crippen molar-refractivity contribution in [2.75, 3.05) is 18.0 Å². The molecule has 0 aliphatic carbocycles. The van der Waals surface area contributed by atoms with E-state index in [0.29, 0.717) is 19.5 Å².